The number of benzene rings is 2. The van der Waals surface area contributed by atoms with Gasteiger partial charge >= 0.3 is 7.12 Å². The molecule has 1 aliphatic heterocycles. The molecule has 180 valence electrons. The topological polar surface area (TPSA) is 168 Å². The van der Waals surface area contributed by atoms with Crippen molar-refractivity contribution in [3.8, 4) is 0 Å². The van der Waals surface area contributed by atoms with Crippen LogP contribution in [0.15, 0.2) is 45.5 Å². The smallest absolute Gasteiger partial charge is 0.423 e. The van der Waals surface area contributed by atoms with Crippen molar-refractivity contribution in [1.29, 1.82) is 0 Å². The van der Waals surface area contributed by atoms with Gasteiger partial charge in [0.1, 0.15) is 11.5 Å². The molecule has 0 saturated heterocycles. The fraction of sp³-hybridized carbons (Fsp3) is 0.250. The molecule has 0 spiro atoms. The second-order valence-electron chi connectivity index (χ2n) is 7.08. The molecule has 1 aromatic heterocycles. The minimum absolute atomic E-state index is 0.296. The highest BCUT2D eigenvalue weighted by Gasteiger charge is 2.29. The largest absolute Gasteiger partial charge is 0.492 e. The molecular weight excluding hydrogens is 514 g/mol. The highest BCUT2D eigenvalue weighted by Crippen LogP contribution is 2.21. The lowest BCUT2D eigenvalue weighted by atomic mass is 9.70. The van der Waals surface area contributed by atoms with Gasteiger partial charge in [0.2, 0.25) is 0 Å². The number of nitrogens with two attached hydrogens (primary N) is 1. The molecule has 7 N–H and O–H groups in total. The SMILES string of the molecule is NO.O=C(NCCNc1nonc1CNc1ccc(F)c(Br)c1)c1cccc2c1B(O)OCC2. The third-order valence-corrected chi connectivity index (χ3v) is 5.58. The third kappa shape index (κ3) is 6.30. The molecule has 0 atom stereocenters. The Bertz CT molecular complexity index is 1120. The van der Waals surface area contributed by atoms with Crippen LogP contribution in [0.2, 0.25) is 0 Å². The summed E-state index contributed by atoms with van der Waals surface area (Å²) >= 11 is 3.14. The van der Waals surface area contributed by atoms with Crippen molar-refractivity contribution in [3.05, 3.63) is 63.5 Å². The van der Waals surface area contributed by atoms with Crippen molar-refractivity contribution < 1.29 is 28.7 Å². The van der Waals surface area contributed by atoms with Crippen molar-refractivity contribution >= 4 is 45.9 Å². The zero-order chi connectivity index (χ0) is 24.5. The van der Waals surface area contributed by atoms with Gasteiger partial charge in [-0.25, -0.2) is 14.9 Å². The van der Waals surface area contributed by atoms with E-state index in [4.69, 9.17) is 14.5 Å². The summed E-state index contributed by atoms with van der Waals surface area (Å²) < 4.78 is 23.8. The van der Waals surface area contributed by atoms with Crippen molar-refractivity contribution in [2.45, 2.75) is 13.0 Å². The van der Waals surface area contributed by atoms with Crippen LogP contribution in [-0.4, -0.2) is 53.3 Å². The van der Waals surface area contributed by atoms with Gasteiger partial charge in [0.15, 0.2) is 5.82 Å². The number of nitrogens with zero attached hydrogens (tertiary/aromatic N) is 2. The maximum atomic E-state index is 13.3. The van der Waals surface area contributed by atoms with Crippen LogP contribution in [0.5, 0.6) is 0 Å². The Morgan fingerprint density at radius 1 is 1.21 bits per heavy atom. The molecule has 0 unspecified atom stereocenters. The van der Waals surface area contributed by atoms with Crippen LogP contribution in [0.4, 0.5) is 15.9 Å². The number of halogens is 2. The van der Waals surface area contributed by atoms with E-state index in [0.29, 0.717) is 65.4 Å². The normalized spacial score (nSPS) is 12.3. The molecule has 0 aliphatic carbocycles. The number of hydrogen-bond acceptors (Lipinski definition) is 10. The van der Waals surface area contributed by atoms with Crippen LogP contribution in [0.3, 0.4) is 0 Å². The van der Waals surface area contributed by atoms with Gasteiger partial charge in [0.05, 0.1) is 11.0 Å². The summed E-state index contributed by atoms with van der Waals surface area (Å²) in [5, 5.41) is 33.3. The Morgan fingerprint density at radius 2 is 2.03 bits per heavy atom. The maximum Gasteiger partial charge on any atom is 0.492 e. The molecule has 14 heteroatoms. The summed E-state index contributed by atoms with van der Waals surface area (Å²) in [6.45, 7) is 1.42. The van der Waals surface area contributed by atoms with Crippen LogP contribution in [0.25, 0.3) is 0 Å². The fourth-order valence-electron chi connectivity index (χ4n) is 3.39. The average Bonchev–Trinajstić information content (AvgIpc) is 3.31. The average molecular weight is 537 g/mol. The van der Waals surface area contributed by atoms with E-state index in [0.717, 1.165) is 5.56 Å². The quantitative estimate of drug-likeness (QED) is 0.139. The molecule has 0 radical (unpaired) electrons. The summed E-state index contributed by atoms with van der Waals surface area (Å²) in [5.41, 5.74) is 3.07. The molecular formula is C20H23BBrFN6O5. The molecule has 0 fully saturated rings. The van der Waals surface area contributed by atoms with E-state index in [9.17, 15) is 14.2 Å². The minimum Gasteiger partial charge on any atom is -0.423 e. The van der Waals surface area contributed by atoms with Crippen molar-refractivity contribution in [1.82, 2.24) is 15.6 Å². The molecule has 3 aromatic rings. The number of amides is 1. The molecule has 11 nitrogen and oxygen atoms in total. The van der Waals surface area contributed by atoms with Crippen LogP contribution in [0, 0.1) is 5.82 Å². The van der Waals surface area contributed by atoms with E-state index in [1.54, 1.807) is 24.3 Å². The van der Waals surface area contributed by atoms with Crippen LogP contribution < -0.4 is 27.3 Å². The predicted molar refractivity (Wildman–Crippen MR) is 126 cm³/mol. The second kappa shape index (κ2) is 12.4. The fourth-order valence-corrected chi connectivity index (χ4v) is 3.76. The second-order valence-corrected chi connectivity index (χ2v) is 7.93. The third-order valence-electron chi connectivity index (χ3n) is 4.97. The molecule has 1 aliphatic rings. The van der Waals surface area contributed by atoms with E-state index < -0.39 is 7.12 Å². The Morgan fingerprint density at radius 3 is 2.82 bits per heavy atom. The number of rotatable bonds is 8. The Labute approximate surface area is 203 Å². The summed E-state index contributed by atoms with van der Waals surface area (Å²) in [6.07, 6.45) is 0.653. The molecule has 4 rings (SSSR count). The van der Waals surface area contributed by atoms with Gasteiger partial charge in [0.25, 0.3) is 5.91 Å². The van der Waals surface area contributed by atoms with Gasteiger partial charge < -0.3 is 30.8 Å². The van der Waals surface area contributed by atoms with Gasteiger partial charge in [-0.3, -0.25) is 4.79 Å². The molecule has 2 aromatic carbocycles. The van der Waals surface area contributed by atoms with Crippen LogP contribution in [0.1, 0.15) is 21.6 Å². The number of carbonyl (C=O) groups is 1. The monoisotopic (exact) mass is 536 g/mol. The highest BCUT2D eigenvalue weighted by atomic mass is 79.9. The number of anilines is 2. The first kappa shape index (κ1) is 25.6. The Hall–Kier alpha value is -3.04. The summed E-state index contributed by atoms with van der Waals surface area (Å²) in [7, 11) is -1.10. The summed E-state index contributed by atoms with van der Waals surface area (Å²) in [5.74, 6) is 3.30. The first-order chi connectivity index (χ1) is 16.5. The van der Waals surface area contributed by atoms with Gasteiger partial charge in [-0.1, -0.05) is 17.3 Å². The number of fused-ring (bicyclic) bond motifs is 1. The van der Waals surface area contributed by atoms with E-state index in [1.165, 1.54) is 6.07 Å². The number of carbonyl (C=O) groups excluding carboxylic acids is 1. The predicted octanol–water partition coefficient (Wildman–Crippen LogP) is 1.02. The van der Waals surface area contributed by atoms with Gasteiger partial charge in [-0.05, 0) is 62.8 Å². The van der Waals surface area contributed by atoms with Gasteiger partial charge in [0, 0.05) is 30.9 Å². The van der Waals surface area contributed by atoms with Crippen LogP contribution >= 0.6 is 15.9 Å². The van der Waals surface area contributed by atoms with Crippen molar-refractivity contribution in [3.63, 3.8) is 0 Å². The number of hydrogen-bond donors (Lipinski definition) is 6. The number of nitrogens with one attached hydrogen (secondary N) is 3. The van der Waals surface area contributed by atoms with Gasteiger partial charge in [-0.2, -0.15) is 0 Å². The number of aromatic nitrogens is 2. The van der Waals surface area contributed by atoms with E-state index in [-0.39, 0.29) is 11.7 Å². The standard InChI is InChI=1S/C20H20BBrFN5O4.H3NO/c22-15-10-13(4-5-16(15)23)26-11-17-19(28-32-27-17)24-7-8-25-20(29)14-3-1-2-12-6-9-31-21(30)18(12)14;1-2/h1-5,10,26,30H,6-9,11H2,(H,24,28)(H,25,29);2H,1H2. The van der Waals surface area contributed by atoms with E-state index in [2.05, 4.69) is 48.1 Å². The lowest BCUT2D eigenvalue weighted by molar-refractivity contribution is 0.0955. The zero-order valence-electron chi connectivity index (χ0n) is 17.9. The summed E-state index contributed by atoms with van der Waals surface area (Å²) in [6, 6.07) is 9.93. The first-order valence-corrected chi connectivity index (χ1v) is 11.0. The van der Waals surface area contributed by atoms with Crippen molar-refractivity contribution in [2.24, 2.45) is 5.90 Å². The van der Waals surface area contributed by atoms with Crippen molar-refractivity contribution in [2.75, 3.05) is 30.3 Å². The van der Waals surface area contributed by atoms with Crippen LogP contribution in [-0.2, 0) is 17.6 Å². The highest BCUT2D eigenvalue weighted by molar-refractivity contribution is 9.10. The molecule has 0 saturated carbocycles. The van der Waals surface area contributed by atoms with Gasteiger partial charge in [-0.15, -0.1) is 0 Å². The minimum atomic E-state index is -1.10. The Kier molecular flexibility index (Phi) is 9.36. The molecule has 34 heavy (non-hydrogen) atoms. The summed E-state index contributed by atoms with van der Waals surface area (Å²) in [4.78, 5) is 12.6. The maximum absolute atomic E-state index is 13.3. The van der Waals surface area contributed by atoms with E-state index in [1.807, 2.05) is 6.07 Å². The zero-order valence-corrected chi connectivity index (χ0v) is 19.5. The molecule has 1 amide bonds. The van der Waals surface area contributed by atoms with E-state index >= 15 is 0 Å². The lowest BCUT2D eigenvalue weighted by Gasteiger charge is -2.21. The lowest BCUT2D eigenvalue weighted by Crippen LogP contribution is -2.46. The first-order valence-electron chi connectivity index (χ1n) is 10.2. The molecule has 2 heterocycles. The molecule has 0 bridgehead atoms. The Balaban J connectivity index is 0.00000158.